The number of nitrogens with one attached hydrogen (secondary N) is 1. The minimum absolute atomic E-state index is 0.132. The number of hydrogen-bond donors (Lipinski definition) is 1. The van der Waals surface area contributed by atoms with Crippen molar-refractivity contribution in [1.82, 2.24) is 5.32 Å². The van der Waals surface area contributed by atoms with Crippen molar-refractivity contribution in [2.75, 3.05) is 6.61 Å². The van der Waals surface area contributed by atoms with Crippen LogP contribution in [0, 0.1) is 0 Å². The minimum Gasteiger partial charge on any atom is -0.463 e. The van der Waals surface area contributed by atoms with Crippen LogP contribution in [0.5, 0.6) is 0 Å². The number of amides is 1. The van der Waals surface area contributed by atoms with E-state index in [-0.39, 0.29) is 13.2 Å². The lowest BCUT2D eigenvalue weighted by molar-refractivity contribution is -0.280. The van der Waals surface area contributed by atoms with Crippen LogP contribution in [0.2, 0.25) is 0 Å². The zero-order valence-corrected chi connectivity index (χ0v) is 17.9. The fraction of sp³-hybridized carbons (Fsp3) is 0.524. The second-order valence-corrected chi connectivity index (χ2v) is 7.02. The van der Waals surface area contributed by atoms with Crippen molar-refractivity contribution in [3.05, 3.63) is 35.9 Å². The van der Waals surface area contributed by atoms with Gasteiger partial charge in [-0.25, -0.2) is 0 Å². The molecule has 0 bridgehead atoms. The number of rotatable bonds is 8. The molecule has 0 spiro atoms. The molecule has 2 rings (SSSR count). The molecule has 1 aliphatic rings. The van der Waals surface area contributed by atoms with Gasteiger partial charge in [0, 0.05) is 27.7 Å². The summed E-state index contributed by atoms with van der Waals surface area (Å²) in [5, 5.41) is 2.65. The van der Waals surface area contributed by atoms with Crippen LogP contribution in [0.3, 0.4) is 0 Å². The third-order valence-corrected chi connectivity index (χ3v) is 4.33. The number of carbonyl (C=O) groups is 4. The molecule has 0 saturated carbocycles. The third kappa shape index (κ3) is 7.65. The van der Waals surface area contributed by atoms with Crippen molar-refractivity contribution in [1.29, 1.82) is 0 Å². The average molecular weight is 437 g/mol. The molecule has 1 aliphatic heterocycles. The molecule has 5 atom stereocenters. The molecule has 1 aromatic rings. The summed E-state index contributed by atoms with van der Waals surface area (Å²) in [4.78, 5) is 46.7. The first-order valence-corrected chi connectivity index (χ1v) is 9.73. The van der Waals surface area contributed by atoms with E-state index in [4.69, 9.17) is 23.7 Å². The molecule has 1 N–H and O–H groups in total. The molecule has 0 aromatic heterocycles. The van der Waals surface area contributed by atoms with Gasteiger partial charge in [-0.15, -0.1) is 0 Å². The van der Waals surface area contributed by atoms with Crippen LogP contribution in [-0.4, -0.2) is 61.1 Å². The Balaban J connectivity index is 2.35. The lowest BCUT2D eigenvalue weighted by atomic mass is 9.96. The van der Waals surface area contributed by atoms with E-state index in [0.717, 1.165) is 5.56 Å². The standard InChI is InChI=1S/C21H27NO9/c1-12(23)22-18-20(30-15(4)26)19(29-14(3)25)17(11-27-13(2)24)31-21(18)28-10-16-8-6-5-7-9-16/h5-9,17-21H,10-11H2,1-4H3,(H,22,23)/t17-,18-,19-,20-,21-/m0/s1. The van der Waals surface area contributed by atoms with Crippen LogP contribution in [0.4, 0.5) is 0 Å². The van der Waals surface area contributed by atoms with Crippen molar-refractivity contribution in [3.63, 3.8) is 0 Å². The number of benzene rings is 1. The first-order valence-electron chi connectivity index (χ1n) is 9.73. The van der Waals surface area contributed by atoms with Gasteiger partial charge in [0.15, 0.2) is 18.5 Å². The van der Waals surface area contributed by atoms with Gasteiger partial charge in [-0.05, 0) is 5.56 Å². The summed E-state index contributed by atoms with van der Waals surface area (Å²) in [6, 6.07) is 8.25. The van der Waals surface area contributed by atoms with Crippen molar-refractivity contribution < 1.29 is 42.9 Å². The van der Waals surface area contributed by atoms with Gasteiger partial charge in [0.25, 0.3) is 0 Å². The molecule has 10 nitrogen and oxygen atoms in total. The minimum atomic E-state index is -1.14. The molecule has 1 aromatic carbocycles. The summed E-state index contributed by atoms with van der Waals surface area (Å²) in [5.74, 6) is -2.32. The Hall–Kier alpha value is -2.98. The van der Waals surface area contributed by atoms with E-state index < -0.39 is 54.5 Å². The fourth-order valence-electron chi connectivity index (χ4n) is 3.19. The van der Waals surface area contributed by atoms with E-state index in [2.05, 4.69) is 5.32 Å². The van der Waals surface area contributed by atoms with Crippen LogP contribution in [0.25, 0.3) is 0 Å². The molecular formula is C21H27NO9. The SMILES string of the molecule is CC(=O)N[C@@H]1[C@@H](OCc2ccccc2)O[C@@H](COC(C)=O)[C@H](OC(C)=O)[C@H]1OC(C)=O. The van der Waals surface area contributed by atoms with Crippen LogP contribution in [0.15, 0.2) is 30.3 Å². The summed E-state index contributed by atoms with van der Waals surface area (Å²) < 4.78 is 27.6. The van der Waals surface area contributed by atoms with Gasteiger partial charge in [-0.2, -0.15) is 0 Å². The maximum absolute atomic E-state index is 11.8. The monoisotopic (exact) mass is 437 g/mol. The zero-order valence-electron chi connectivity index (χ0n) is 17.9. The first-order chi connectivity index (χ1) is 14.7. The Labute approximate surface area is 180 Å². The molecule has 0 aliphatic carbocycles. The van der Waals surface area contributed by atoms with Gasteiger partial charge in [0.1, 0.15) is 18.8 Å². The fourth-order valence-corrected chi connectivity index (χ4v) is 3.19. The summed E-state index contributed by atoms with van der Waals surface area (Å²) in [6.45, 7) is 4.72. The van der Waals surface area contributed by atoms with Crippen molar-refractivity contribution >= 4 is 23.8 Å². The normalized spacial score (nSPS) is 25.2. The van der Waals surface area contributed by atoms with Crippen molar-refractivity contribution in [2.45, 2.75) is 64.9 Å². The van der Waals surface area contributed by atoms with E-state index in [0.29, 0.717) is 0 Å². The smallest absolute Gasteiger partial charge is 0.303 e. The largest absolute Gasteiger partial charge is 0.463 e. The van der Waals surface area contributed by atoms with E-state index in [9.17, 15) is 19.2 Å². The van der Waals surface area contributed by atoms with Gasteiger partial charge in [0.05, 0.1) is 6.61 Å². The lowest BCUT2D eigenvalue weighted by Crippen LogP contribution is -2.66. The predicted octanol–water partition coefficient (Wildman–Crippen LogP) is 0.859. The summed E-state index contributed by atoms with van der Waals surface area (Å²) in [6.07, 6.45) is -4.36. The van der Waals surface area contributed by atoms with Gasteiger partial charge in [0.2, 0.25) is 5.91 Å². The van der Waals surface area contributed by atoms with Gasteiger partial charge in [-0.1, -0.05) is 30.3 Å². The molecule has 1 heterocycles. The number of carbonyl (C=O) groups excluding carboxylic acids is 4. The topological polar surface area (TPSA) is 126 Å². The molecule has 1 amide bonds. The predicted molar refractivity (Wildman–Crippen MR) is 105 cm³/mol. The van der Waals surface area contributed by atoms with Crippen molar-refractivity contribution in [3.8, 4) is 0 Å². The van der Waals surface area contributed by atoms with E-state index >= 15 is 0 Å². The molecule has 1 saturated heterocycles. The molecule has 0 radical (unpaired) electrons. The van der Waals surface area contributed by atoms with Crippen LogP contribution in [-0.2, 0) is 49.5 Å². The Morgan fingerprint density at radius 3 is 2.06 bits per heavy atom. The van der Waals surface area contributed by atoms with Crippen LogP contribution >= 0.6 is 0 Å². The Bertz CT molecular complexity index is 782. The highest BCUT2D eigenvalue weighted by molar-refractivity contribution is 5.73. The highest BCUT2D eigenvalue weighted by Crippen LogP contribution is 2.28. The quantitative estimate of drug-likeness (QED) is 0.465. The molecule has 31 heavy (non-hydrogen) atoms. The maximum atomic E-state index is 11.8. The van der Waals surface area contributed by atoms with Gasteiger partial charge in [-0.3, -0.25) is 19.2 Å². The third-order valence-electron chi connectivity index (χ3n) is 4.33. The maximum Gasteiger partial charge on any atom is 0.303 e. The second kappa shape index (κ2) is 11.4. The molecule has 0 unspecified atom stereocenters. The van der Waals surface area contributed by atoms with E-state index in [1.165, 1.54) is 27.7 Å². The summed E-state index contributed by atoms with van der Waals surface area (Å²) in [7, 11) is 0. The lowest BCUT2D eigenvalue weighted by Gasteiger charge is -2.44. The molecule has 10 heteroatoms. The highest BCUT2D eigenvalue weighted by Gasteiger charge is 2.51. The molecular weight excluding hydrogens is 410 g/mol. The molecule has 1 fully saturated rings. The highest BCUT2D eigenvalue weighted by atomic mass is 16.7. The Morgan fingerprint density at radius 2 is 1.52 bits per heavy atom. The molecule has 170 valence electrons. The van der Waals surface area contributed by atoms with E-state index in [1.54, 1.807) is 0 Å². The van der Waals surface area contributed by atoms with Crippen LogP contribution in [0.1, 0.15) is 33.3 Å². The second-order valence-electron chi connectivity index (χ2n) is 7.02. The van der Waals surface area contributed by atoms with E-state index in [1.807, 2.05) is 30.3 Å². The van der Waals surface area contributed by atoms with Gasteiger partial charge < -0.3 is 29.0 Å². The Morgan fingerprint density at radius 1 is 0.903 bits per heavy atom. The Kier molecular flexibility index (Phi) is 8.95. The zero-order chi connectivity index (χ0) is 23.0. The number of esters is 3. The number of ether oxygens (including phenoxy) is 5. The van der Waals surface area contributed by atoms with Crippen LogP contribution < -0.4 is 5.32 Å². The summed E-state index contributed by atoms with van der Waals surface area (Å²) in [5.41, 5.74) is 0.843. The van der Waals surface area contributed by atoms with Gasteiger partial charge >= 0.3 is 17.9 Å². The average Bonchev–Trinajstić information content (AvgIpc) is 2.68. The van der Waals surface area contributed by atoms with Crippen molar-refractivity contribution in [2.24, 2.45) is 0 Å². The first kappa shape index (κ1) is 24.3. The summed E-state index contributed by atoms with van der Waals surface area (Å²) >= 11 is 0. The number of hydrogen-bond acceptors (Lipinski definition) is 9.